The molecule has 0 saturated carbocycles. The van der Waals surface area contributed by atoms with Crippen molar-refractivity contribution >= 4 is 15.8 Å². The van der Waals surface area contributed by atoms with Crippen LogP contribution in [0.1, 0.15) is 22.5 Å². The lowest BCUT2D eigenvalue weighted by atomic mass is 10.1. The summed E-state index contributed by atoms with van der Waals surface area (Å²) >= 11 is 0. The Morgan fingerprint density at radius 3 is 2.14 bits per heavy atom. The van der Waals surface area contributed by atoms with Gasteiger partial charge < -0.3 is 5.11 Å². The first-order valence-corrected chi connectivity index (χ1v) is 10.1. The molecule has 0 bridgehead atoms. The van der Waals surface area contributed by atoms with Gasteiger partial charge >= 0.3 is 5.97 Å². The van der Waals surface area contributed by atoms with E-state index in [0.717, 1.165) is 0 Å². The largest absolute Gasteiger partial charge is 0.481 e. The van der Waals surface area contributed by atoms with Crippen LogP contribution in [0.3, 0.4) is 0 Å². The van der Waals surface area contributed by atoms with Gasteiger partial charge in [0, 0.05) is 16.8 Å². The molecule has 0 aliphatic carbocycles. The zero-order valence-electron chi connectivity index (χ0n) is 15.5. The highest BCUT2D eigenvalue weighted by Gasteiger charge is 2.47. The van der Waals surface area contributed by atoms with E-state index < -0.39 is 20.8 Å². The summed E-state index contributed by atoms with van der Waals surface area (Å²) in [6, 6.07) is 16.3. The van der Waals surface area contributed by atoms with Crippen LogP contribution < -0.4 is 5.73 Å². The molecule has 0 saturated heterocycles. The molecule has 28 heavy (non-hydrogen) atoms. The molecule has 0 fully saturated rings. The van der Waals surface area contributed by atoms with Crippen LogP contribution in [0.15, 0.2) is 65.6 Å². The van der Waals surface area contributed by atoms with Gasteiger partial charge in [0.2, 0.25) is 14.8 Å². The van der Waals surface area contributed by atoms with Crippen molar-refractivity contribution in [2.24, 2.45) is 5.73 Å². The summed E-state index contributed by atoms with van der Waals surface area (Å²) in [7, 11) is -4.13. The minimum absolute atomic E-state index is 0.0497. The minimum Gasteiger partial charge on any atom is -0.481 e. The quantitative estimate of drug-likeness (QED) is 0.657. The molecule has 7 nitrogen and oxygen atoms in total. The number of aryl methyl sites for hydroxylation is 1. The number of hydrogen-bond acceptors (Lipinski definition) is 5. The Hall–Kier alpha value is -2.97. The number of carboxylic acids is 1. The monoisotopic (exact) mass is 399 g/mol. The molecule has 0 amide bonds. The van der Waals surface area contributed by atoms with Crippen LogP contribution in [0.25, 0.3) is 0 Å². The molecule has 0 radical (unpaired) electrons. The smallest absolute Gasteiger partial charge is 0.307 e. The van der Waals surface area contributed by atoms with Crippen LogP contribution in [0, 0.1) is 13.8 Å². The van der Waals surface area contributed by atoms with Gasteiger partial charge in [-0.05, 0) is 26.0 Å². The number of sulfone groups is 1. The number of aromatic nitrogens is 2. The fourth-order valence-electron chi connectivity index (χ4n) is 3.25. The predicted molar refractivity (Wildman–Crippen MR) is 104 cm³/mol. The second kappa shape index (κ2) is 7.21. The number of carbonyl (C=O) groups is 1. The van der Waals surface area contributed by atoms with E-state index in [9.17, 15) is 18.3 Å². The maximum atomic E-state index is 13.6. The summed E-state index contributed by atoms with van der Waals surface area (Å²) in [5, 5.41) is 13.5. The maximum absolute atomic E-state index is 13.6. The van der Waals surface area contributed by atoms with Crippen LogP contribution in [-0.4, -0.2) is 29.3 Å². The number of aliphatic carboxylic acids is 1. The molecule has 1 aromatic heterocycles. The van der Waals surface area contributed by atoms with Crippen molar-refractivity contribution in [2.75, 3.05) is 0 Å². The van der Waals surface area contributed by atoms with E-state index in [1.165, 1.54) is 16.8 Å². The van der Waals surface area contributed by atoms with Gasteiger partial charge in [-0.1, -0.05) is 48.5 Å². The van der Waals surface area contributed by atoms with Crippen LogP contribution >= 0.6 is 0 Å². The average molecular weight is 399 g/mol. The van der Waals surface area contributed by atoms with Gasteiger partial charge in [-0.3, -0.25) is 10.5 Å². The van der Waals surface area contributed by atoms with E-state index in [1.54, 1.807) is 62.4 Å². The molecule has 3 rings (SSSR count). The SMILES string of the molecule is Cc1nn(C(N)(c2ccccc2)S(=O)(=O)c2ccccc2)c(C)c1CC(=O)O. The molecule has 1 unspecified atom stereocenters. The van der Waals surface area contributed by atoms with Crippen molar-refractivity contribution in [1.82, 2.24) is 9.78 Å². The highest BCUT2D eigenvalue weighted by atomic mass is 32.2. The lowest BCUT2D eigenvalue weighted by Crippen LogP contribution is -2.52. The highest BCUT2D eigenvalue weighted by molar-refractivity contribution is 7.92. The maximum Gasteiger partial charge on any atom is 0.307 e. The van der Waals surface area contributed by atoms with Gasteiger partial charge in [0.05, 0.1) is 17.0 Å². The fraction of sp³-hybridized carbons (Fsp3) is 0.200. The van der Waals surface area contributed by atoms with Gasteiger partial charge in [-0.15, -0.1) is 0 Å². The molecule has 0 aliphatic rings. The number of nitrogens with zero attached hydrogens (tertiary/aromatic N) is 2. The summed E-state index contributed by atoms with van der Waals surface area (Å²) in [4.78, 5) is 9.24. The predicted octanol–water partition coefficient (Wildman–Crippen LogP) is 2.22. The third kappa shape index (κ3) is 3.10. The Morgan fingerprint density at radius 2 is 1.61 bits per heavy atom. The lowest BCUT2D eigenvalue weighted by Gasteiger charge is -2.31. The Morgan fingerprint density at radius 1 is 1.07 bits per heavy atom. The molecule has 2 aromatic carbocycles. The Kier molecular flexibility index (Phi) is 5.10. The van der Waals surface area contributed by atoms with Gasteiger partial charge in [0.1, 0.15) is 0 Å². The molecule has 8 heteroatoms. The molecule has 1 atom stereocenters. The van der Waals surface area contributed by atoms with Crippen LogP contribution in [-0.2, 0) is 26.0 Å². The Balaban J connectivity index is 2.33. The van der Waals surface area contributed by atoms with E-state index in [2.05, 4.69) is 5.10 Å². The van der Waals surface area contributed by atoms with E-state index in [1.807, 2.05) is 0 Å². The first kappa shape index (κ1) is 19.8. The first-order chi connectivity index (χ1) is 13.2. The summed E-state index contributed by atoms with van der Waals surface area (Å²) in [5.41, 5.74) is 8.22. The molecular formula is C20H21N3O4S. The Bertz CT molecular complexity index is 1110. The molecule has 3 aromatic rings. The zero-order valence-corrected chi connectivity index (χ0v) is 16.3. The van der Waals surface area contributed by atoms with Crippen molar-refractivity contribution in [2.45, 2.75) is 30.2 Å². The number of nitrogens with two attached hydrogens (primary N) is 1. The molecule has 146 valence electrons. The van der Waals surface area contributed by atoms with Crippen molar-refractivity contribution in [3.05, 3.63) is 83.2 Å². The van der Waals surface area contributed by atoms with Crippen LogP contribution in [0.2, 0.25) is 0 Å². The van der Waals surface area contributed by atoms with E-state index >= 15 is 0 Å². The summed E-state index contributed by atoms with van der Waals surface area (Å²) in [5.74, 6) is -1.03. The number of rotatable bonds is 6. The van der Waals surface area contributed by atoms with Gasteiger partial charge in [0.15, 0.2) is 0 Å². The number of carboxylic acid groups (broad SMARTS) is 1. The minimum atomic E-state index is -4.13. The molecule has 0 spiro atoms. The van der Waals surface area contributed by atoms with Crippen molar-refractivity contribution < 1.29 is 18.3 Å². The van der Waals surface area contributed by atoms with Crippen molar-refractivity contribution in [3.8, 4) is 0 Å². The summed E-state index contributed by atoms with van der Waals surface area (Å²) in [6.07, 6.45) is -0.270. The van der Waals surface area contributed by atoms with Gasteiger partial charge in [-0.25, -0.2) is 13.1 Å². The van der Waals surface area contributed by atoms with Crippen LogP contribution in [0.4, 0.5) is 0 Å². The third-order valence-electron chi connectivity index (χ3n) is 4.73. The molecule has 0 aliphatic heterocycles. The normalized spacial score (nSPS) is 13.8. The zero-order chi connectivity index (χ0) is 20.5. The average Bonchev–Trinajstić information content (AvgIpc) is 2.96. The van der Waals surface area contributed by atoms with Crippen molar-refractivity contribution in [1.29, 1.82) is 0 Å². The topological polar surface area (TPSA) is 115 Å². The fourth-order valence-corrected chi connectivity index (χ4v) is 4.98. The number of hydrogen-bond donors (Lipinski definition) is 2. The van der Waals surface area contributed by atoms with Gasteiger partial charge in [0.25, 0.3) is 0 Å². The first-order valence-electron chi connectivity index (χ1n) is 8.61. The second-order valence-corrected chi connectivity index (χ2v) is 8.61. The third-order valence-corrected chi connectivity index (χ3v) is 6.86. The van der Waals surface area contributed by atoms with E-state index in [-0.39, 0.29) is 11.3 Å². The summed E-state index contributed by atoms with van der Waals surface area (Å²) in [6.45, 7) is 3.27. The Labute approximate surface area is 163 Å². The molecule has 1 heterocycles. The highest BCUT2D eigenvalue weighted by Crippen LogP contribution is 2.34. The van der Waals surface area contributed by atoms with Gasteiger partial charge in [-0.2, -0.15) is 5.10 Å². The number of benzene rings is 2. The molecular weight excluding hydrogens is 378 g/mol. The second-order valence-electron chi connectivity index (χ2n) is 6.51. The lowest BCUT2D eigenvalue weighted by molar-refractivity contribution is -0.136. The van der Waals surface area contributed by atoms with Crippen molar-refractivity contribution in [3.63, 3.8) is 0 Å². The van der Waals surface area contributed by atoms with E-state index in [0.29, 0.717) is 22.5 Å². The summed E-state index contributed by atoms with van der Waals surface area (Å²) < 4.78 is 28.5. The standard InChI is InChI=1S/C20H21N3O4S/c1-14-18(13-19(24)25)15(2)23(22-14)20(21,16-9-5-3-6-10-16)28(26,27)17-11-7-4-8-12-17/h3-12H,13,21H2,1-2H3,(H,24,25). The van der Waals surface area contributed by atoms with E-state index in [4.69, 9.17) is 5.73 Å². The van der Waals surface area contributed by atoms with Crippen LogP contribution in [0.5, 0.6) is 0 Å². The molecule has 3 N–H and O–H groups in total.